The summed E-state index contributed by atoms with van der Waals surface area (Å²) in [7, 11) is 0. The van der Waals surface area contributed by atoms with Crippen molar-refractivity contribution in [1.82, 2.24) is 10.2 Å². The molecule has 2 N–H and O–H groups in total. The van der Waals surface area contributed by atoms with E-state index in [1.165, 1.54) is 6.07 Å². The molecule has 1 aromatic heterocycles. The van der Waals surface area contributed by atoms with Gasteiger partial charge < -0.3 is 10.2 Å². The second kappa shape index (κ2) is 9.62. The minimum absolute atomic E-state index is 0.0249. The lowest BCUT2D eigenvalue weighted by atomic mass is 10.2. The topological polar surface area (TPSA) is 78.1 Å². The minimum Gasteiger partial charge on any atom is -0.305 e. The van der Waals surface area contributed by atoms with Gasteiger partial charge in [-0.15, -0.1) is 0 Å². The molecule has 0 atom stereocenters. The number of nitrogens with one attached hydrogen (secondary N) is 2. The summed E-state index contributed by atoms with van der Waals surface area (Å²) in [6.45, 7) is 0.314. The van der Waals surface area contributed by atoms with E-state index in [-0.39, 0.29) is 28.0 Å². The van der Waals surface area contributed by atoms with Crippen molar-refractivity contribution in [3.8, 4) is 0 Å². The number of rotatable bonds is 6. The van der Waals surface area contributed by atoms with Gasteiger partial charge in [0.05, 0.1) is 17.1 Å². The monoisotopic (exact) mass is 466 g/mol. The molecule has 4 aromatic rings. The predicted molar refractivity (Wildman–Crippen MR) is 121 cm³/mol. The largest absolute Gasteiger partial charge is 0.305 e. The van der Waals surface area contributed by atoms with E-state index in [2.05, 4.69) is 15.5 Å². The Morgan fingerprint density at radius 1 is 0.939 bits per heavy atom. The second-order valence-corrected chi connectivity index (χ2v) is 7.49. The minimum atomic E-state index is -1.21. The predicted octanol–water partition coefficient (Wildman–Crippen LogP) is 5.44. The highest BCUT2D eigenvalue weighted by Gasteiger charge is 2.22. The molecule has 0 aliphatic carbocycles. The normalized spacial score (nSPS) is 10.6. The van der Waals surface area contributed by atoms with Crippen molar-refractivity contribution in [2.24, 2.45) is 0 Å². The van der Waals surface area contributed by atoms with Crippen LogP contribution in [0.5, 0.6) is 0 Å². The Hall–Kier alpha value is -4.04. The maximum absolute atomic E-state index is 13.5. The summed E-state index contributed by atoms with van der Waals surface area (Å²) < 4.78 is 26.8. The fourth-order valence-corrected chi connectivity index (χ4v) is 3.41. The summed E-state index contributed by atoms with van der Waals surface area (Å²) >= 11 is 5.85. The third kappa shape index (κ3) is 5.07. The van der Waals surface area contributed by atoms with Crippen molar-refractivity contribution in [3.05, 3.63) is 112 Å². The number of anilines is 2. The van der Waals surface area contributed by atoms with Crippen LogP contribution in [0.15, 0.2) is 78.9 Å². The number of nitrogens with zero attached hydrogens (tertiary/aromatic N) is 2. The fraction of sp³-hybridized carbons (Fsp3) is 0.0417. The van der Waals surface area contributed by atoms with Crippen LogP contribution in [0.4, 0.5) is 20.3 Å². The van der Waals surface area contributed by atoms with Gasteiger partial charge >= 0.3 is 0 Å². The molecule has 1 heterocycles. The van der Waals surface area contributed by atoms with E-state index in [9.17, 15) is 18.4 Å². The third-order valence-electron chi connectivity index (χ3n) is 4.80. The summed E-state index contributed by atoms with van der Waals surface area (Å²) in [6.07, 6.45) is 0. The summed E-state index contributed by atoms with van der Waals surface area (Å²) in [6, 6.07) is 21.4. The number of aromatic nitrogens is 2. The molecule has 166 valence electrons. The van der Waals surface area contributed by atoms with Crippen molar-refractivity contribution in [3.63, 3.8) is 0 Å². The number of benzene rings is 3. The summed E-state index contributed by atoms with van der Waals surface area (Å²) in [5, 5.41) is 8.72. The average Bonchev–Trinajstić information content (AvgIpc) is 3.29. The van der Waals surface area contributed by atoms with Gasteiger partial charge in [0.15, 0.2) is 17.5 Å². The maximum atomic E-state index is 13.5. The van der Waals surface area contributed by atoms with Crippen LogP contribution >= 0.6 is 11.6 Å². The molecule has 0 radical (unpaired) electrons. The first kappa shape index (κ1) is 22.2. The van der Waals surface area contributed by atoms with Gasteiger partial charge in [-0.25, -0.2) is 8.78 Å². The van der Waals surface area contributed by atoms with Gasteiger partial charge in [-0.2, -0.15) is 5.10 Å². The van der Waals surface area contributed by atoms with Crippen molar-refractivity contribution in [2.75, 3.05) is 10.2 Å². The van der Waals surface area contributed by atoms with Crippen LogP contribution in [0.3, 0.4) is 0 Å². The zero-order valence-electron chi connectivity index (χ0n) is 17.1. The number of carbonyl (C=O) groups is 2. The molecule has 0 saturated heterocycles. The highest BCUT2D eigenvalue weighted by Crippen LogP contribution is 2.23. The van der Waals surface area contributed by atoms with Crippen molar-refractivity contribution >= 4 is 34.9 Å². The Kier molecular flexibility index (Phi) is 6.46. The molecule has 0 saturated carbocycles. The fourth-order valence-electron chi connectivity index (χ4n) is 3.18. The van der Waals surface area contributed by atoms with E-state index >= 15 is 0 Å². The number of H-pyrrole nitrogens is 1. The molecule has 0 aliphatic heterocycles. The van der Waals surface area contributed by atoms with Crippen LogP contribution in [-0.2, 0) is 6.54 Å². The number of carbonyl (C=O) groups excluding carboxylic acids is 2. The smallest absolute Gasteiger partial charge is 0.276 e. The van der Waals surface area contributed by atoms with E-state index in [4.69, 9.17) is 11.6 Å². The molecular formula is C24H17ClF2N4O2. The Morgan fingerprint density at radius 3 is 2.27 bits per heavy atom. The highest BCUT2D eigenvalue weighted by molar-refractivity contribution is 6.34. The Bertz CT molecular complexity index is 1300. The van der Waals surface area contributed by atoms with Crippen molar-refractivity contribution < 1.29 is 18.4 Å². The maximum Gasteiger partial charge on any atom is 0.276 e. The molecule has 3 aromatic carbocycles. The number of amides is 2. The average molecular weight is 467 g/mol. The Labute approximate surface area is 192 Å². The van der Waals surface area contributed by atoms with Crippen LogP contribution < -0.4 is 10.2 Å². The van der Waals surface area contributed by atoms with Crippen molar-refractivity contribution in [2.45, 2.75) is 6.54 Å². The quantitative estimate of drug-likeness (QED) is 0.371. The molecule has 9 heteroatoms. The SMILES string of the molecule is O=C(Nc1cc(C(=O)N(Cc2ccccc2)c2ccccc2)[nH]n1)c1cc(F)c(F)cc1Cl. The lowest BCUT2D eigenvalue weighted by Gasteiger charge is -2.22. The van der Waals surface area contributed by atoms with Gasteiger partial charge in [-0.3, -0.25) is 14.7 Å². The number of hydrogen-bond acceptors (Lipinski definition) is 3. The van der Waals surface area contributed by atoms with Crippen LogP contribution in [0.25, 0.3) is 0 Å². The summed E-state index contributed by atoms with van der Waals surface area (Å²) in [5.74, 6) is -3.51. The third-order valence-corrected chi connectivity index (χ3v) is 5.11. The highest BCUT2D eigenvalue weighted by atomic mass is 35.5. The first-order valence-electron chi connectivity index (χ1n) is 9.84. The molecule has 6 nitrogen and oxygen atoms in total. The Balaban J connectivity index is 1.56. The van der Waals surface area contributed by atoms with E-state index in [0.29, 0.717) is 24.4 Å². The second-order valence-electron chi connectivity index (χ2n) is 7.08. The standard InChI is InChI=1S/C24H17ClF2N4O2/c25-18-12-20(27)19(26)11-17(18)23(32)28-22-13-21(29-30-22)24(33)31(16-9-5-2-6-10-16)14-15-7-3-1-4-8-15/h1-13H,14H2,(H2,28,29,30,32). The van der Waals surface area contributed by atoms with Crippen molar-refractivity contribution in [1.29, 1.82) is 0 Å². The lowest BCUT2D eigenvalue weighted by molar-refractivity contribution is 0.0978. The van der Waals surface area contributed by atoms with E-state index in [0.717, 1.165) is 5.56 Å². The first-order valence-corrected chi connectivity index (χ1v) is 10.2. The molecule has 0 bridgehead atoms. The molecule has 0 spiro atoms. The molecule has 0 aliphatic rings. The molecule has 2 amide bonds. The van der Waals surface area contributed by atoms with Crippen LogP contribution in [0.2, 0.25) is 5.02 Å². The molecule has 0 fully saturated rings. The zero-order chi connectivity index (χ0) is 23.4. The molecular weight excluding hydrogens is 450 g/mol. The van der Waals surface area contributed by atoms with Gasteiger partial charge in [0.2, 0.25) is 0 Å². The first-order chi connectivity index (χ1) is 15.9. The van der Waals surface area contributed by atoms with Gasteiger partial charge in [0, 0.05) is 11.8 Å². The van der Waals surface area contributed by atoms with E-state index < -0.39 is 17.5 Å². The van der Waals surface area contributed by atoms with E-state index in [1.54, 1.807) is 4.90 Å². The lowest BCUT2D eigenvalue weighted by Crippen LogP contribution is -2.30. The number of aromatic amines is 1. The summed E-state index contributed by atoms with van der Waals surface area (Å²) in [5.41, 5.74) is 1.47. The van der Waals surface area contributed by atoms with Gasteiger partial charge in [0.25, 0.3) is 11.8 Å². The van der Waals surface area contributed by atoms with Crippen LogP contribution in [0.1, 0.15) is 26.4 Å². The molecule has 4 rings (SSSR count). The zero-order valence-corrected chi connectivity index (χ0v) is 17.8. The number of para-hydroxylation sites is 1. The summed E-state index contributed by atoms with van der Waals surface area (Å²) in [4.78, 5) is 27.3. The Morgan fingerprint density at radius 2 is 1.58 bits per heavy atom. The van der Waals surface area contributed by atoms with E-state index in [1.807, 2.05) is 60.7 Å². The number of hydrogen-bond donors (Lipinski definition) is 2. The number of halogens is 3. The van der Waals surface area contributed by atoms with Crippen LogP contribution in [-0.4, -0.2) is 22.0 Å². The molecule has 0 unspecified atom stereocenters. The molecule has 33 heavy (non-hydrogen) atoms. The van der Waals surface area contributed by atoms with Gasteiger partial charge in [-0.1, -0.05) is 60.1 Å². The van der Waals surface area contributed by atoms with Gasteiger partial charge in [-0.05, 0) is 29.8 Å². The van der Waals surface area contributed by atoms with Crippen LogP contribution in [0, 0.1) is 11.6 Å². The van der Waals surface area contributed by atoms with Gasteiger partial charge in [0.1, 0.15) is 5.69 Å².